The van der Waals surface area contributed by atoms with Gasteiger partial charge in [-0.2, -0.15) is 13.2 Å². The molecule has 0 aliphatic carbocycles. The van der Waals surface area contributed by atoms with Crippen LogP contribution in [0.25, 0.3) is 21.5 Å². The Labute approximate surface area is 332 Å². The van der Waals surface area contributed by atoms with Crippen LogP contribution in [0, 0.1) is 13.8 Å². The minimum atomic E-state index is -4.49. The third-order valence-electron chi connectivity index (χ3n) is 11.6. The second-order valence-electron chi connectivity index (χ2n) is 17.5. The van der Waals surface area contributed by atoms with Crippen LogP contribution >= 0.6 is 11.8 Å². The second-order valence-corrected chi connectivity index (χ2v) is 18.6. The molecule has 7 aromatic rings. The summed E-state index contributed by atoms with van der Waals surface area (Å²) in [6, 6.07) is 42.2. The molecule has 280 valence electrons. The molecule has 0 radical (unpaired) electrons. The maximum absolute atomic E-state index is 14.6. The van der Waals surface area contributed by atoms with Crippen LogP contribution in [0.1, 0.15) is 63.8 Å². The molecule has 9 rings (SSSR count). The molecule has 7 heteroatoms. The van der Waals surface area contributed by atoms with E-state index in [-0.39, 0.29) is 34.2 Å². The first-order valence-electron chi connectivity index (χ1n) is 19.3. The van der Waals surface area contributed by atoms with E-state index < -0.39 is 5.51 Å². The first-order chi connectivity index (χ1) is 26.5. The van der Waals surface area contributed by atoms with Crippen LogP contribution in [0.15, 0.2) is 126 Å². The lowest BCUT2D eigenvalue weighted by Crippen LogP contribution is -2.61. The van der Waals surface area contributed by atoms with Crippen LogP contribution in [0.3, 0.4) is 0 Å². The standard InChI is InChI=1S/C49H44BF3N2S/c1-29-23-40-45(38-21-11-9-19-36(29)38)54(33-17-13-15-31(25-33)47(3,4)5)42-27-35(56-49(51,52)53)28-43-44(42)50(40)41-24-30(2)37-20-10-12-22-39(37)46(41)55(43)34-18-14-16-32(26-34)48(6,7)8/h9-28H,1-8H3. The van der Waals surface area contributed by atoms with Gasteiger partial charge in [0.15, 0.2) is 0 Å². The highest BCUT2D eigenvalue weighted by atomic mass is 32.2. The summed E-state index contributed by atoms with van der Waals surface area (Å²) >= 11 is -0.0409. The Morgan fingerprint density at radius 2 is 0.911 bits per heavy atom. The minimum Gasteiger partial charge on any atom is -0.311 e. The summed E-state index contributed by atoms with van der Waals surface area (Å²) < 4.78 is 43.9. The zero-order valence-corrected chi connectivity index (χ0v) is 33.9. The average molecular weight is 761 g/mol. The van der Waals surface area contributed by atoms with Crippen molar-refractivity contribution in [2.24, 2.45) is 0 Å². The van der Waals surface area contributed by atoms with Gasteiger partial charge in [0, 0.05) is 49.8 Å². The van der Waals surface area contributed by atoms with Crippen molar-refractivity contribution in [3.8, 4) is 0 Å². The Kier molecular flexibility index (Phi) is 8.27. The molecule has 0 fully saturated rings. The summed E-state index contributed by atoms with van der Waals surface area (Å²) in [6.45, 7) is 17.3. The fourth-order valence-corrected chi connectivity index (χ4v) is 9.62. The zero-order chi connectivity index (χ0) is 39.5. The summed E-state index contributed by atoms with van der Waals surface area (Å²) in [5, 5.41) is 4.39. The molecule has 0 aromatic heterocycles. The summed E-state index contributed by atoms with van der Waals surface area (Å²) in [5.74, 6) is 0. The lowest BCUT2D eigenvalue weighted by atomic mass is 9.33. The molecule has 0 amide bonds. The van der Waals surface area contributed by atoms with Crippen LogP contribution in [0.4, 0.5) is 47.3 Å². The highest BCUT2D eigenvalue weighted by Crippen LogP contribution is 2.51. The third-order valence-corrected chi connectivity index (χ3v) is 12.3. The topological polar surface area (TPSA) is 6.48 Å². The lowest BCUT2D eigenvalue weighted by molar-refractivity contribution is -0.0328. The number of fused-ring (bicyclic) bond motifs is 8. The summed E-state index contributed by atoms with van der Waals surface area (Å²) in [4.78, 5) is 4.66. The highest BCUT2D eigenvalue weighted by Gasteiger charge is 2.46. The summed E-state index contributed by atoms with van der Waals surface area (Å²) in [6.07, 6.45) is 0. The van der Waals surface area contributed by atoms with Gasteiger partial charge in [0.2, 0.25) is 0 Å². The molecule has 2 aliphatic rings. The van der Waals surface area contributed by atoms with Gasteiger partial charge in [-0.3, -0.25) is 0 Å². The van der Waals surface area contributed by atoms with Crippen molar-refractivity contribution in [3.05, 3.63) is 144 Å². The predicted molar refractivity (Wildman–Crippen MR) is 234 cm³/mol. The minimum absolute atomic E-state index is 0.0409. The number of anilines is 6. The molecule has 2 heterocycles. The van der Waals surface area contributed by atoms with Gasteiger partial charge in [-0.05, 0) is 122 Å². The number of hydrogen-bond donors (Lipinski definition) is 0. The molecule has 7 aromatic carbocycles. The van der Waals surface area contributed by atoms with Gasteiger partial charge in [-0.1, -0.05) is 126 Å². The van der Waals surface area contributed by atoms with Gasteiger partial charge >= 0.3 is 5.51 Å². The Morgan fingerprint density at radius 3 is 1.30 bits per heavy atom. The lowest BCUT2D eigenvalue weighted by Gasteiger charge is -2.45. The molecule has 0 atom stereocenters. The molecule has 0 saturated carbocycles. The van der Waals surface area contributed by atoms with Crippen LogP contribution < -0.4 is 26.2 Å². The SMILES string of the molecule is Cc1cc2c(c3ccccc13)N(c1cccc(C(C)(C)C)c1)c1cc(SC(F)(F)F)cc3c1B2c1cc(C)c2ccccc2c1N3c1cccc(C(C)(C)C)c1. The third kappa shape index (κ3) is 5.89. The molecule has 0 bridgehead atoms. The van der Waals surface area contributed by atoms with Gasteiger partial charge < -0.3 is 9.80 Å². The summed E-state index contributed by atoms with van der Waals surface area (Å²) in [7, 11) is 0. The smallest absolute Gasteiger partial charge is 0.311 e. The fraction of sp³-hybridized carbons (Fsp3) is 0.224. The molecule has 0 spiro atoms. The fourth-order valence-electron chi connectivity index (χ4n) is 9.01. The average Bonchev–Trinajstić information content (AvgIpc) is 3.14. The maximum atomic E-state index is 14.6. The predicted octanol–water partition coefficient (Wildman–Crippen LogP) is 12.9. The van der Waals surface area contributed by atoms with Gasteiger partial charge in [0.1, 0.15) is 0 Å². The first kappa shape index (κ1) is 36.5. The number of hydrogen-bond acceptors (Lipinski definition) is 3. The molecule has 2 aliphatic heterocycles. The van der Waals surface area contributed by atoms with E-state index in [1.54, 1.807) is 12.1 Å². The van der Waals surface area contributed by atoms with Crippen molar-refractivity contribution in [2.75, 3.05) is 9.80 Å². The van der Waals surface area contributed by atoms with E-state index in [0.29, 0.717) is 0 Å². The highest BCUT2D eigenvalue weighted by molar-refractivity contribution is 8.00. The van der Waals surface area contributed by atoms with E-state index in [1.807, 2.05) is 0 Å². The van der Waals surface area contributed by atoms with Crippen molar-refractivity contribution in [3.63, 3.8) is 0 Å². The molecular weight excluding hydrogens is 716 g/mol. The molecule has 2 nitrogen and oxygen atoms in total. The van der Waals surface area contributed by atoms with E-state index in [9.17, 15) is 13.2 Å². The molecular formula is C49H44BF3N2S. The van der Waals surface area contributed by atoms with Crippen molar-refractivity contribution in [1.29, 1.82) is 0 Å². The van der Waals surface area contributed by atoms with Gasteiger partial charge in [0.25, 0.3) is 6.71 Å². The van der Waals surface area contributed by atoms with Crippen molar-refractivity contribution in [1.82, 2.24) is 0 Å². The van der Waals surface area contributed by atoms with E-state index in [1.165, 1.54) is 0 Å². The first-order valence-corrected chi connectivity index (χ1v) is 20.1. The van der Waals surface area contributed by atoms with E-state index in [0.717, 1.165) is 94.3 Å². The van der Waals surface area contributed by atoms with E-state index in [2.05, 4.69) is 174 Å². The Bertz CT molecular complexity index is 2560. The normalized spacial score (nSPS) is 13.9. The maximum Gasteiger partial charge on any atom is 0.446 e. The molecule has 0 saturated heterocycles. The van der Waals surface area contributed by atoms with Gasteiger partial charge in [-0.25, -0.2) is 0 Å². The Morgan fingerprint density at radius 1 is 0.500 bits per heavy atom. The number of rotatable bonds is 3. The number of aryl methyl sites for hydroxylation is 2. The molecule has 0 N–H and O–H groups in total. The number of halogens is 3. The molecule has 0 unspecified atom stereocenters. The van der Waals surface area contributed by atoms with Crippen LogP contribution in [0.2, 0.25) is 0 Å². The van der Waals surface area contributed by atoms with Crippen LogP contribution in [0.5, 0.6) is 0 Å². The summed E-state index contributed by atoms with van der Waals surface area (Å²) in [5.41, 5.74) is 8.53. The zero-order valence-electron chi connectivity index (χ0n) is 33.1. The van der Waals surface area contributed by atoms with Crippen molar-refractivity contribution < 1.29 is 13.2 Å². The van der Waals surface area contributed by atoms with E-state index >= 15 is 0 Å². The van der Waals surface area contributed by atoms with E-state index in [4.69, 9.17) is 0 Å². The molecule has 56 heavy (non-hydrogen) atoms. The van der Waals surface area contributed by atoms with Gasteiger partial charge in [0.05, 0.1) is 0 Å². The number of thioether (sulfide) groups is 1. The van der Waals surface area contributed by atoms with Gasteiger partial charge in [-0.15, -0.1) is 0 Å². The number of benzene rings is 7. The Balaban J connectivity index is 1.48. The van der Waals surface area contributed by atoms with Crippen molar-refractivity contribution in [2.45, 2.75) is 76.6 Å². The number of alkyl halides is 3. The quantitative estimate of drug-likeness (QED) is 0.131. The van der Waals surface area contributed by atoms with Crippen LogP contribution in [-0.2, 0) is 10.8 Å². The second kappa shape index (κ2) is 12.7. The van der Waals surface area contributed by atoms with Crippen LogP contribution in [-0.4, -0.2) is 12.2 Å². The largest absolute Gasteiger partial charge is 0.446 e. The van der Waals surface area contributed by atoms with Crippen molar-refractivity contribution >= 4 is 90.5 Å². The Hall–Kier alpha value is -5.14. The number of nitrogens with zero attached hydrogens (tertiary/aromatic N) is 2. The monoisotopic (exact) mass is 760 g/mol.